The number of ketones is 1. The Morgan fingerprint density at radius 1 is 1.09 bits per heavy atom. The summed E-state index contributed by atoms with van der Waals surface area (Å²) in [6, 6.07) is 10.2. The van der Waals surface area contributed by atoms with Crippen molar-refractivity contribution in [3.05, 3.63) is 58.7 Å². The third kappa shape index (κ3) is 6.33. The maximum absolute atomic E-state index is 13.6. The molecular weight excluding hydrogens is 590 g/mol. The molecule has 43 heavy (non-hydrogen) atoms. The highest BCUT2D eigenvalue weighted by Crippen LogP contribution is 2.44. The van der Waals surface area contributed by atoms with Gasteiger partial charge in [-0.1, -0.05) is 23.7 Å². The van der Waals surface area contributed by atoms with Gasteiger partial charge in [0.1, 0.15) is 10.8 Å². The zero-order valence-electron chi connectivity index (χ0n) is 24.6. The summed E-state index contributed by atoms with van der Waals surface area (Å²) in [7, 11) is -3.58. The number of aromatic nitrogens is 2. The predicted molar refractivity (Wildman–Crippen MR) is 166 cm³/mol. The van der Waals surface area contributed by atoms with Gasteiger partial charge in [-0.15, -0.1) is 0 Å². The molecule has 2 aromatic carbocycles. The number of halogens is 1. The van der Waals surface area contributed by atoms with Crippen molar-refractivity contribution in [3.63, 3.8) is 0 Å². The number of nitrogens with zero attached hydrogens (tertiary/aromatic N) is 2. The molecule has 12 heteroatoms. The fraction of sp³-hybridized carbons (Fsp3) is 0.419. The van der Waals surface area contributed by atoms with Crippen molar-refractivity contribution in [2.75, 3.05) is 10.6 Å². The summed E-state index contributed by atoms with van der Waals surface area (Å²) in [5.41, 5.74) is 7.90. The van der Waals surface area contributed by atoms with E-state index in [-0.39, 0.29) is 57.2 Å². The van der Waals surface area contributed by atoms with Gasteiger partial charge in [0.25, 0.3) is 0 Å². The van der Waals surface area contributed by atoms with Crippen molar-refractivity contribution in [2.45, 2.75) is 69.6 Å². The number of ether oxygens (including phenoxy) is 1. The van der Waals surface area contributed by atoms with Crippen LogP contribution in [0.3, 0.4) is 0 Å². The molecule has 1 aromatic heterocycles. The molecular formula is C31H36ClN5O5S. The smallest absolute Gasteiger partial charge is 0.229 e. The van der Waals surface area contributed by atoms with Gasteiger partial charge in [0, 0.05) is 17.4 Å². The molecule has 1 fully saturated rings. The van der Waals surface area contributed by atoms with E-state index in [1.807, 2.05) is 19.9 Å². The van der Waals surface area contributed by atoms with E-state index in [2.05, 4.69) is 20.6 Å². The minimum absolute atomic E-state index is 0.0478. The van der Waals surface area contributed by atoms with Gasteiger partial charge < -0.3 is 21.1 Å². The molecule has 5 rings (SSSR count). The molecule has 1 amide bonds. The van der Waals surface area contributed by atoms with Crippen molar-refractivity contribution in [1.82, 2.24) is 9.97 Å². The summed E-state index contributed by atoms with van der Waals surface area (Å²) < 4.78 is 32.0. The second kappa shape index (κ2) is 12.1. The van der Waals surface area contributed by atoms with Crippen LogP contribution in [0.2, 0.25) is 5.02 Å². The topological polar surface area (TPSA) is 153 Å². The number of primary amides is 1. The average molecular weight is 626 g/mol. The molecule has 1 heterocycles. The highest BCUT2D eigenvalue weighted by Gasteiger charge is 2.41. The Balaban J connectivity index is 1.44. The Morgan fingerprint density at radius 2 is 1.84 bits per heavy atom. The Hall–Kier alpha value is -3.70. The molecule has 4 N–H and O–H groups in total. The Bertz CT molecular complexity index is 1680. The number of amides is 1. The van der Waals surface area contributed by atoms with E-state index in [1.165, 1.54) is 12.3 Å². The van der Waals surface area contributed by atoms with E-state index in [0.717, 1.165) is 12.0 Å². The zero-order valence-corrected chi connectivity index (χ0v) is 26.1. The van der Waals surface area contributed by atoms with Crippen LogP contribution in [0, 0.1) is 17.8 Å². The van der Waals surface area contributed by atoms with Crippen LogP contribution in [0.4, 0.5) is 23.1 Å². The number of nitrogens with two attached hydrogens (primary N) is 1. The lowest BCUT2D eigenvalue weighted by Crippen LogP contribution is -2.23. The number of hydrogen-bond acceptors (Lipinski definition) is 9. The SMILES string of the molecule is CC(C)Oc1cc2c(cc1Nc1ncc(Cl)c(Nc3ccccc3S(=O)(=O)C(C)C)n1)C(=O)[C@H](C1CC[C@H](C(N)=O)C1)C2. The Morgan fingerprint density at radius 3 is 2.51 bits per heavy atom. The van der Waals surface area contributed by atoms with Crippen LogP contribution in [0.25, 0.3) is 0 Å². The Kier molecular flexibility index (Phi) is 8.67. The minimum Gasteiger partial charge on any atom is -0.489 e. The van der Waals surface area contributed by atoms with E-state index in [0.29, 0.717) is 42.0 Å². The van der Waals surface area contributed by atoms with Gasteiger partial charge in [-0.25, -0.2) is 13.4 Å². The molecule has 2 aliphatic carbocycles. The first kappa shape index (κ1) is 30.7. The molecule has 3 aromatic rings. The number of rotatable bonds is 10. The molecule has 3 atom stereocenters. The summed E-state index contributed by atoms with van der Waals surface area (Å²) in [6.07, 6.45) is 4.01. The second-order valence-electron chi connectivity index (χ2n) is 11.7. The molecule has 2 aliphatic rings. The third-order valence-electron chi connectivity index (χ3n) is 8.11. The van der Waals surface area contributed by atoms with E-state index >= 15 is 0 Å². The zero-order chi connectivity index (χ0) is 31.1. The number of sulfone groups is 1. The van der Waals surface area contributed by atoms with Gasteiger partial charge in [-0.05, 0) is 89.1 Å². The van der Waals surface area contributed by atoms with Crippen LogP contribution in [-0.4, -0.2) is 41.4 Å². The summed E-state index contributed by atoms with van der Waals surface area (Å²) in [5, 5.41) is 5.80. The van der Waals surface area contributed by atoms with E-state index in [9.17, 15) is 18.0 Å². The normalized spacial score (nSPS) is 20.0. The summed E-state index contributed by atoms with van der Waals surface area (Å²) >= 11 is 6.42. The van der Waals surface area contributed by atoms with Gasteiger partial charge in [0.2, 0.25) is 11.9 Å². The van der Waals surface area contributed by atoms with E-state index in [4.69, 9.17) is 22.1 Å². The number of hydrogen-bond donors (Lipinski definition) is 3. The van der Waals surface area contributed by atoms with Crippen molar-refractivity contribution < 1.29 is 22.7 Å². The van der Waals surface area contributed by atoms with Crippen LogP contribution in [0.1, 0.15) is 62.9 Å². The standard InChI is InChI=1S/C31H36ClN5O5S/c1-16(2)42-26-13-20-12-21(18-9-10-19(11-18)29(33)39)28(38)22(20)14-25(26)36-31-34-15-23(32)30(37-31)35-24-7-5-6-8-27(24)43(40,41)17(3)4/h5-8,13-19,21H,9-12H2,1-4H3,(H2,33,39)(H2,34,35,36,37)/t18?,19-,21-/m0/s1. The number of anilines is 4. The number of carbonyl (C=O) groups is 2. The molecule has 0 aliphatic heterocycles. The second-order valence-corrected chi connectivity index (χ2v) is 14.6. The third-order valence-corrected chi connectivity index (χ3v) is 10.6. The fourth-order valence-electron chi connectivity index (χ4n) is 5.85. The number of benzene rings is 2. The quantitative estimate of drug-likeness (QED) is 0.252. The lowest BCUT2D eigenvalue weighted by Gasteiger charge is -2.18. The molecule has 228 valence electrons. The molecule has 0 spiro atoms. The molecule has 10 nitrogen and oxygen atoms in total. The maximum Gasteiger partial charge on any atom is 0.229 e. The molecule has 1 unspecified atom stereocenters. The van der Waals surface area contributed by atoms with E-state index < -0.39 is 15.1 Å². The first-order valence-corrected chi connectivity index (χ1v) is 16.3. The van der Waals surface area contributed by atoms with Crippen LogP contribution in [0.15, 0.2) is 47.5 Å². The number of para-hydroxylation sites is 1. The van der Waals surface area contributed by atoms with Gasteiger partial charge in [-0.3, -0.25) is 9.59 Å². The van der Waals surface area contributed by atoms with Crippen LogP contribution >= 0.6 is 11.6 Å². The number of carbonyl (C=O) groups excluding carboxylic acids is 2. The lowest BCUT2D eigenvalue weighted by molar-refractivity contribution is -0.121. The van der Waals surface area contributed by atoms with Gasteiger partial charge in [0.05, 0.1) is 33.8 Å². The molecule has 0 saturated heterocycles. The lowest BCUT2D eigenvalue weighted by atomic mass is 9.87. The van der Waals surface area contributed by atoms with Crippen LogP contribution in [-0.2, 0) is 21.1 Å². The number of fused-ring (bicyclic) bond motifs is 1. The van der Waals surface area contributed by atoms with Crippen molar-refractivity contribution in [3.8, 4) is 5.75 Å². The molecule has 0 bridgehead atoms. The van der Waals surface area contributed by atoms with Gasteiger partial charge in [-0.2, -0.15) is 4.98 Å². The van der Waals surface area contributed by atoms with E-state index in [1.54, 1.807) is 38.1 Å². The Labute approximate surface area is 256 Å². The monoisotopic (exact) mass is 625 g/mol. The first-order chi connectivity index (χ1) is 20.3. The number of nitrogens with one attached hydrogen (secondary N) is 2. The van der Waals surface area contributed by atoms with Gasteiger partial charge in [0.15, 0.2) is 21.4 Å². The first-order valence-electron chi connectivity index (χ1n) is 14.4. The van der Waals surface area contributed by atoms with Crippen LogP contribution in [0.5, 0.6) is 5.75 Å². The minimum atomic E-state index is -3.58. The molecule has 0 radical (unpaired) electrons. The highest BCUT2D eigenvalue weighted by atomic mass is 35.5. The summed E-state index contributed by atoms with van der Waals surface area (Å²) in [6.45, 7) is 7.07. The maximum atomic E-state index is 13.6. The van der Waals surface area contributed by atoms with Crippen LogP contribution < -0.4 is 21.1 Å². The highest BCUT2D eigenvalue weighted by molar-refractivity contribution is 7.92. The van der Waals surface area contributed by atoms with Gasteiger partial charge >= 0.3 is 0 Å². The largest absolute Gasteiger partial charge is 0.489 e. The van der Waals surface area contributed by atoms with Crippen molar-refractivity contribution in [2.24, 2.45) is 23.5 Å². The fourth-order valence-corrected chi connectivity index (χ4v) is 7.19. The van der Waals surface area contributed by atoms with Crippen molar-refractivity contribution >= 4 is 56.3 Å². The molecule has 1 saturated carbocycles. The van der Waals surface area contributed by atoms with Crippen molar-refractivity contribution in [1.29, 1.82) is 0 Å². The summed E-state index contributed by atoms with van der Waals surface area (Å²) in [4.78, 5) is 34.3. The number of Topliss-reactive ketones (excluding diaryl/α,β-unsaturated/α-hetero) is 1. The summed E-state index contributed by atoms with van der Waals surface area (Å²) in [5.74, 6) is 0.403. The average Bonchev–Trinajstić information content (AvgIpc) is 3.56. The predicted octanol–water partition coefficient (Wildman–Crippen LogP) is 5.84.